The standard InChI is InChI=1S/C11H12N2O2/c1-11(2,15)4-3-9-5-8(7-14)6-13-10(9)12/h5-7,15H,1-2H3,(H2,12,13). The lowest BCUT2D eigenvalue weighted by Crippen LogP contribution is -2.14. The number of carbonyl (C=O) groups excluding carboxylic acids is 1. The molecule has 1 heterocycles. The predicted molar refractivity (Wildman–Crippen MR) is 57.2 cm³/mol. The Morgan fingerprint density at radius 3 is 2.80 bits per heavy atom. The molecule has 0 aromatic carbocycles. The number of aromatic nitrogens is 1. The number of nitrogen functional groups attached to an aromatic ring is 1. The summed E-state index contributed by atoms with van der Waals surface area (Å²) in [4.78, 5) is 14.3. The summed E-state index contributed by atoms with van der Waals surface area (Å²) in [5.74, 6) is 5.53. The molecule has 0 saturated carbocycles. The Hall–Kier alpha value is -1.86. The van der Waals surface area contributed by atoms with Crippen LogP contribution < -0.4 is 5.73 Å². The molecule has 15 heavy (non-hydrogen) atoms. The number of hydrogen-bond acceptors (Lipinski definition) is 4. The van der Waals surface area contributed by atoms with Crippen LogP contribution in [0.25, 0.3) is 0 Å². The van der Waals surface area contributed by atoms with Crippen LogP contribution in [-0.2, 0) is 0 Å². The van der Waals surface area contributed by atoms with Crippen molar-refractivity contribution in [1.29, 1.82) is 0 Å². The molecule has 1 aromatic rings. The van der Waals surface area contributed by atoms with Gasteiger partial charge in [-0.05, 0) is 19.9 Å². The average Bonchev–Trinajstić information content (AvgIpc) is 2.15. The van der Waals surface area contributed by atoms with Gasteiger partial charge in [-0.3, -0.25) is 4.79 Å². The van der Waals surface area contributed by atoms with E-state index in [-0.39, 0.29) is 5.82 Å². The summed E-state index contributed by atoms with van der Waals surface area (Å²) in [5, 5.41) is 9.39. The van der Waals surface area contributed by atoms with Crippen LogP contribution in [0.2, 0.25) is 0 Å². The van der Waals surface area contributed by atoms with Gasteiger partial charge in [0.25, 0.3) is 0 Å². The summed E-state index contributed by atoms with van der Waals surface area (Å²) in [5.41, 5.74) is 5.32. The van der Waals surface area contributed by atoms with Gasteiger partial charge in [0.2, 0.25) is 0 Å². The third-order valence-corrected chi connectivity index (χ3v) is 1.58. The number of nitrogens with zero attached hydrogens (tertiary/aromatic N) is 1. The van der Waals surface area contributed by atoms with Crippen LogP contribution in [0.1, 0.15) is 29.8 Å². The van der Waals surface area contributed by atoms with Crippen molar-refractivity contribution in [2.24, 2.45) is 0 Å². The molecule has 0 aliphatic heterocycles. The number of anilines is 1. The van der Waals surface area contributed by atoms with E-state index in [4.69, 9.17) is 5.73 Å². The molecule has 0 fully saturated rings. The van der Waals surface area contributed by atoms with Crippen molar-refractivity contribution in [2.75, 3.05) is 5.73 Å². The van der Waals surface area contributed by atoms with Crippen LogP contribution in [0.4, 0.5) is 5.82 Å². The van der Waals surface area contributed by atoms with Crippen LogP contribution in [0.5, 0.6) is 0 Å². The first-order chi connectivity index (χ1) is 6.92. The normalized spacial score (nSPS) is 10.3. The third kappa shape index (κ3) is 3.41. The SMILES string of the molecule is CC(C)(O)C#Cc1cc(C=O)cnc1N. The summed E-state index contributed by atoms with van der Waals surface area (Å²) in [7, 11) is 0. The molecule has 1 aromatic heterocycles. The molecule has 0 spiro atoms. The van der Waals surface area contributed by atoms with Gasteiger partial charge in [-0.25, -0.2) is 4.98 Å². The molecule has 4 nitrogen and oxygen atoms in total. The van der Waals surface area contributed by atoms with Gasteiger partial charge in [0, 0.05) is 11.8 Å². The van der Waals surface area contributed by atoms with Gasteiger partial charge >= 0.3 is 0 Å². The number of carbonyl (C=O) groups is 1. The number of aliphatic hydroxyl groups is 1. The van der Waals surface area contributed by atoms with Gasteiger partial charge in [0.15, 0.2) is 6.29 Å². The maximum Gasteiger partial charge on any atom is 0.151 e. The highest BCUT2D eigenvalue weighted by molar-refractivity contribution is 5.76. The second-order valence-corrected chi connectivity index (χ2v) is 3.63. The second kappa shape index (κ2) is 4.11. The van der Waals surface area contributed by atoms with Gasteiger partial charge in [-0.15, -0.1) is 0 Å². The molecule has 0 radical (unpaired) electrons. The van der Waals surface area contributed by atoms with Crippen LogP contribution >= 0.6 is 0 Å². The number of aldehydes is 1. The van der Waals surface area contributed by atoms with Crippen molar-refractivity contribution >= 4 is 12.1 Å². The molecule has 0 amide bonds. The van der Waals surface area contributed by atoms with E-state index in [0.29, 0.717) is 17.4 Å². The number of nitrogens with two attached hydrogens (primary N) is 1. The maximum absolute atomic E-state index is 10.5. The lowest BCUT2D eigenvalue weighted by molar-refractivity contribution is 0.112. The summed E-state index contributed by atoms with van der Waals surface area (Å²) < 4.78 is 0. The molecule has 3 N–H and O–H groups in total. The van der Waals surface area contributed by atoms with Crippen molar-refractivity contribution in [3.8, 4) is 11.8 Å². The summed E-state index contributed by atoms with van der Waals surface area (Å²) in [6.45, 7) is 3.13. The second-order valence-electron chi connectivity index (χ2n) is 3.63. The van der Waals surface area contributed by atoms with Gasteiger partial charge < -0.3 is 10.8 Å². The van der Waals surface area contributed by atoms with Crippen LogP contribution in [0.3, 0.4) is 0 Å². The predicted octanol–water partition coefficient (Wildman–Crippen LogP) is 0.599. The van der Waals surface area contributed by atoms with Crippen molar-refractivity contribution in [1.82, 2.24) is 4.98 Å². The number of rotatable bonds is 1. The smallest absolute Gasteiger partial charge is 0.151 e. The zero-order valence-corrected chi connectivity index (χ0v) is 8.61. The molecule has 0 aliphatic rings. The molecule has 0 bridgehead atoms. The summed E-state index contributed by atoms with van der Waals surface area (Å²) >= 11 is 0. The minimum Gasteiger partial charge on any atom is -0.383 e. The highest BCUT2D eigenvalue weighted by Gasteiger charge is 2.06. The third-order valence-electron chi connectivity index (χ3n) is 1.58. The molecule has 0 aliphatic carbocycles. The van der Waals surface area contributed by atoms with E-state index in [2.05, 4.69) is 16.8 Å². The summed E-state index contributed by atoms with van der Waals surface area (Å²) in [6, 6.07) is 1.54. The van der Waals surface area contributed by atoms with E-state index < -0.39 is 5.60 Å². The minimum atomic E-state index is -1.09. The molecule has 4 heteroatoms. The monoisotopic (exact) mass is 204 g/mol. The fraction of sp³-hybridized carbons (Fsp3) is 0.273. The first-order valence-corrected chi connectivity index (χ1v) is 4.38. The lowest BCUT2D eigenvalue weighted by Gasteiger charge is -2.06. The van der Waals surface area contributed by atoms with E-state index in [0.717, 1.165) is 0 Å². The fourth-order valence-electron chi connectivity index (χ4n) is 0.876. The number of pyridine rings is 1. The molecule has 0 unspecified atom stereocenters. The van der Waals surface area contributed by atoms with Gasteiger partial charge in [-0.1, -0.05) is 11.8 Å². The average molecular weight is 204 g/mol. The van der Waals surface area contributed by atoms with Crippen molar-refractivity contribution < 1.29 is 9.90 Å². The first kappa shape index (κ1) is 11.2. The lowest BCUT2D eigenvalue weighted by atomic mass is 10.1. The Kier molecular flexibility index (Phi) is 3.08. The first-order valence-electron chi connectivity index (χ1n) is 4.38. The van der Waals surface area contributed by atoms with Crippen LogP contribution in [-0.4, -0.2) is 22.0 Å². The molecular formula is C11H12N2O2. The topological polar surface area (TPSA) is 76.2 Å². The van der Waals surface area contributed by atoms with E-state index in [1.165, 1.54) is 12.3 Å². The van der Waals surface area contributed by atoms with Gasteiger partial charge in [0.05, 0.1) is 5.56 Å². The Balaban J connectivity index is 3.12. The molecular weight excluding hydrogens is 192 g/mol. The van der Waals surface area contributed by atoms with Gasteiger partial charge in [-0.2, -0.15) is 0 Å². The minimum absolute atomic E-state index is 0.248. The highest BCUT2D eigenvalue weighted by atomic mass is 16.3. The van der Waals surface area contributed by atoms with E-state index in [9.17, 15) is 9.90 Å². The Labute approximate surface area is 88.1 Å². The van der Waals surface area contributed by atoms with Crippen molar-refractivity contribution in [2.45, 2.75) is 19.4 Å². The largest absolute Gasteiger partial charge is 0.383 e. The zero-order chi connectivity index (χ0) is 11.5. The molecule has 78 valence electrons. The fourth-order valence-corrected chi connectivity index (χ4v) is 0.876. The molecule has 1 rings (SSSR count). The van der Waals surface area contributed by atoms with E-state index in [1.54, 1.807) is 13.8 Å². The van der Waals surface area contributed by atoms with Crippen LogP contribution in [0, 0.1) is 11.8 Å². The molecule has 0 atom stereocenters. The quantitative estimate of drug-likeness (QED) is 0.518. The van der Waals surface area contributed by atoms with Gasteiger partial charge in [0.1, 0.15) is 11.4 Å². The van der Waals surface area contributed by atoms with Crippen molar-refractivity contribution in [3.05, 3.63) is 23.4 Å². The zero-order valence-electron chi connectivity index (χ0n) is 8.61. The molecule has 0 saturated heterocycles. The Morgan fingerprint density at radius 1 is 1.60 bits per heavy atom. The number of hydrogen-bond donors (Lipinski definition) is 2. The van der Waals surface area contributed by atoms with E-state index >= 15 is 0 Å². The Bertz CT molecular complexity index is 436. The Morgan fingerprint density at radius 2 is 2.27 bits per heavy atom. The summed E-state index contributed by atoms with van der Waals surface area (Å²) in [6.07, 6.45) is 2.04. The maximum atomic E-state index is 10.5. The highest BCUT2D eigenvalue weighted by Crippen LogP contribution is 2.09. The van der Waals surface area contributed by atoms with Crippen molar-refractivity contribution in [3.63, 3.8) is 0 Å². The van der Waals surface area contributed by atoms with E-state index in [1.807, 2.05) is 0 Å². The van der Waals surface area contributed by atoms with Crippen LogP contribution in [0.15, 0.2) is 12.3 Å².